The second-order valence-electron chi connectivity index (χ2n) is 6.94. The standard InChI is InChI=1S/C24H19ClN4O4S/c1-31-20-11-18-19(12-21(20)32-2)26-13-27-23(18)33-17-9-7-16(8-10-17)28-24(34)29-22(30)14-3-5-15(25)6-4-14/h3-13H,1-2H3,(H2,28,29,30,34). The fraction of sp³-hybridized carbons (Fsp3) is 0.0833. The average Bonchev–Trinajstić information content (AvgIpc) is 2.84. The number of carbonyl (C=O) groups excluding carboxylic acids is 1. The van der Waals surface area contributed by atoms with Crippen molar-refractivity contribution in [3.8, 4) is 23.1 Å². The first-order valence-corrected chi connectivity index (χ1v) is 10.8. The van der Waals surface area contributed by atoms with E-state index in [0.29, 0.717) is 50.3 Å². The lowest BCUT2D eigenvalue weighted by atomic mass is 10.2. The number of fused-ring (bicyclic) bond motifs is 1. The van der Waals surface area contributed by atoms with Crippen LogP contribution in [0, 0.1) is 0 Å². The van der Waals surface area contributed by atoms with E-state index in [2.05, 4.69) is 20.6 Å². The van der Waals surface area contributed by atoms with Crippen LogP contribution >= 0.6 is 23.8 Å². The monoisotopic (exact) mass is 494 g/mol. The van der Waals surface area contributed by atoms with Gasteiger partial charge in [-0.05, 0) is 66.8 Å². The number of anilines is 1. The molecule has 0 saturated heterocycles. The SMILES string of the molecule is COc1cc2ncnc(Oc3ccc(NC(=S)NC(=O)c4ccc(Cl)cc4)cc3)c2cc1OC. The third kappa shape index (κ3) is 5.33. The lowest BCUT2D eigenvalue weighted by Gasteiger charge is -2.12. The Labute approximate surface area is 205 Å². The number of hydrogen-bond donors (Lipinski definition) is 2. The molecule has 4 rings (SSSR count). The van der Waals surface area contributed by atoms with E-state index in [0.717, 1.165) is 0 Å². The van der Waals surface area contributed by atoms with Gasteiger partial charge in [0.05, 0.1) is 25.1 Å². The summed E-state index contributed by atoms with van der Waals surface area (Å²) < 4.78 is 16.7. The highest BCUT2D eigenvalue weighted by Gasteiger charge is 2.13. The summed E-state index contributed by atoms with van der Waals surface area (Å²) in [6.07, 6.45) is 1.42. The number of nitrogens with one attached hydrogen (secondary N) is 2. The highest BCUT2D eigenvalue weighted by Crippen LogP contribution is 2.35. The summed E-state index contributed by atoms with van der Waals surface area (Å²) in [5.74, 6) is 1.70. The van der Waals surface area contributed by atoms with Crippen molar-refractivity contribution in [3.63, 3.8) is 0 Å². The van der Waals surface area contributed by atoms with Crippen molar-refractivity contribution in [2.45, 2.75) is 0 Å². The van der Waals surface area contributed by atoms with Crippen molar-refractivity contribution in [2.75, 3.05) is 19.5 Å². The predicted octanol–water partition coefficient (Wildman–Crippen LogP) is 5.22. The van der Waals surface area contributed by atoms with Crippen LogP contribution in [0.5, 0.6) is 23.1 Å². The first-order valence-electron chi connectivity index (χ1n) is 9.99. The number of ether oxygens (including phenoxy) is 3. The van der Waals surface area contributed by atoms with Crippen molar-refractivity contribution < 1.29 is 19.0 Å². The third-order valence-corrected chi connectivity index (χ3v) is 5.22. The molecule has 2 N–H and O–H groups in total. The van der Waals surface area contributed by atoms with Gasteiger partial charge in [0.1, 0.15) is 12.1 Å². The summed E-state index contributed by atoms with van der Waals surface area (Å²) in [7, 11) is 3.12. The molecular weight excluding hydrogens is 476 g/mol. The Bertz CT molecular complexity index is 1350. The van der Waals surface area contributed by atoms with Gasteiger partial charge in [0.2, 0.25) is 5.88 Å². The number of methoxy groups -OCH3 is 2. The minimum Gasteiger partial charge on any atom is -0.493 e. The van der Waals surface area contributed by atoms with E-state index in [1.807, 2.05) is 0 Å². The fourth-order valence-electron chi connectivity index (χ4n) is 3.10. The van der Waals surface area contributed by atoms with Crippen LogP contribution < -0.4 is 24.8 Å². The van der Waals surface area contributed by atoms with Crippen molar-refractivity contribution in [3.05, 3.63) is 77.6 Å². The average molecular weight is 495 g/mol. The van der Waals surface area contributed by atoms with Crippen molar-refractivity contribution in [1.29, 1.82) is 0 Å². The second-order valence-corrected chi connectivity index (χ2v) is 7.79. The van der Waals surface area contributed by atoms with Crippen molar-refractivity contribution >= 4 is 51.4 Å². The van der Waals surface area contributed by atoms with E-state index in [9.17, 15) is 4.79 Å². The Kier molecular flexibility index (Phi) is 7.05. The summed E-state index contributed by atoms with van der Waals surface area (Å²) in [6, 6.07) is 17.1. The Morgan fingerprint density at radius 3 is 2.29 bits per heavy atom. The lowest BCUT2D eigenvalue weighted by Crippen LogP contribution is -2.34. The maximum atomic E-state index is 12.3. The second kappa shape index (κ2) is 10.3. The number of amides is 1. The molecule has 0 unspecified atom stereocenters. The van der Waals surface area contributed by atoms with Crippen LogP contribution in [-0.4, -0.2) is 35.2 Å². The number of aromatic nitrogens is 2. The molecule has 1 heterocycles. The van der Waals surface area contributed by atoms with Crippen molar-refractivity contribution in [2.24, 2.45) is 0 Å². The quantitative estimate of drug-likeness (QED) is 0.352. The van der Waals surface area contributed by atoms with Crippen LogP contribution in [0.25, 0.3) is 10.9 Å². The number of nitrogens with zero attached hydrogens (tertiary/aromatic N) is 2. The molecule has 3 aromatic carbocycles. The molecule has 0 atom stereocenters. The Morgan fingerprint density at radius 1 is 0.941 bits per heavy atom. The van der Waals surface area contributed by atoms with E-state index >= 15 is 0 Å². The third-order valence-electron chi connectivity index (χ3n) is 4.76. The summed E-state index contributed by atoms with van der Waals surface area (Å²) in [5, 5.41) is 6.98. The molecule has 0 saturated carbocycles. The van der Waals surface area contributed by atoms with E-state index < -0.39 is 0 Å². The van der Waals surface area contributed by atoms with Gasteiger partial charge in [-0.2, -0.15) is 0 Å². The summed E-state index contributed by atoms with van der Waals surface area (Å²) >= 11 is 11.1. The first kappa shape index (κ1) is 23.2. The van der Waals surface area contributed by atoms with Gasteiger partial charge in [-0.1, -0.05) is 11.6 Å². The van der Waals surface area contributed by atoms with E-state index in [-0.39, 0.29) is 11.0 Å². The Hall–Kier alpha value is -3.95. The van der Waals surface area contributed by atoms with E-state index in [1.54, 1.807) is 74.9 Å². The molecule has 172 valence electrons. The van der Waals surface area contributed by atoms with Crippen molar-refractivity contribution in [1.82, 2.24) is 15.3 Å². The summed E-state index contributed by atoms with van der Waals surface area (Å²) in [5.41, 5.74) is 1.78. The fourth-order valence-corrected chi connectivity index (χ4v) is 3.43. The molecule has 10 heteroatoms. The molecule has 1 aromatic heterocycles. The minimum atomic E-state index is -0.336. The largest absolute Gasteiger partial charge is 0.493 e. The number of benzene rings is 3. The highest BCUT2D eigenvalue weighted by atomic mass is 35.5. The van der Waals surface area contributed by atoms with Crippen LogP contribution in [-0.2, 0) is 0 Å². The molecular formula is C24H19ClN4O4S. The van der Waals surface area contributed by atoms with Gasteiger partial charge in [0.15, 0.2) is 16.6 Å². The molecule has 0 spiro atoms. The predicted molar refractivity (Wildman–Crippen MR) is 134 cm³/mol. The van der Waals surface area contributed by atoms with Gasteiger partial charge in [-0.3, -0.25) is 10.1 Å². The maximum absolute atomic E-state index is 12.3. The van der Waals surface area contributed by atoms with Crippen LogP contribution in [0.2, 0.25) is 5.02 Å². The number of carbonyl (C=O) groups is 1. The number of rotatable bonds is 6. The maximum Gasteiger partial charge on any atom is 0.257 e. The molecule has 0 fully saturated rings. The van der Waals surface area contributed by atoms with E-state index in [4.69, 9.17) is 38.0 Å². The summed E-state index contributed by atoms with van der Waals surface area (Å²) in [4.78, 5) is 20.8. The molecule has 8 nitrogen and oxygen atoms in total. The first-order chi connectivity index (χ1) is 16.5. The zero-order chi connectivity index (χ0) is 24.1. The molecule has 0 aliphatic heterocycles. The van der Waals surface area contributed by atoms with E-state index in [1.165, 1.54) is 6.33 Å². The van der Waals surface area contributed by atoms with Gasteiger partial charge >= 0.3 is 0 Å². The van der Waals surface area contributed by atoms with Gasteiger partial charge in [0, 0.05) is 22.3 Å². The molecule has 0 aliphatic carbocycles. The number of halogens is 1. The highest BCUT2D eigenvalue weighted by molar-refractivity contribution is 7.80. The van der Waals surface area contributed by atoms with Crippen LogP contribution in [0.1, 0.15) is 10.4 Å². The molecule has 0 radical (unpaired) electrons. The summed E-state index contributed by atoms with van der Waals surface area (Å²) in [6.45, 7) is 0. The number of thiocarbonyl (C=S) groups is 1. The Balaban J connectivity index is 1.44. The number of hydrogen-bond acceptors (Lipinski definition) is 7. The Morgan fingerprint density at radius 2 is 1.62 bits per heavy atom. The van der Waals surface area contributed by atoms with Crippen LogP contribution in [0.3, 0.4) is 0 Å². The van der Waals surface area contributed by atoms with Gasteiger partial charge in [0.25, 0.3) is 5.91 Å². The molecule has 34 heavy (non-hydrogen) atoms. The van der Waals surface area contributed by atoms with Gasteiger partial charge in [-0.25, -0.2) is 9.97 Å². The van der Waals surface area contributed by atoms with Crippen LogP contribution in [0.4, 0.5) is 5.69 Å². The zero-order valence-electron chi connectivity index (χ0n) is 18.2. The van der Waals surface area contributed by atoms with Gasteiger partial charge < -0.3 is 19.5 Å². The normalized spacial score (nSPS) is 10.4. The molecule has 0 aliphatic rings. The zero-order valence-corrected chi connectivity index (χ0v) is 19.7. The lowest BCUT2D eigenvalue weighted by molar-refractivity contribution is 0.0977. The molecule has 4 aromatic rings. The van der Waals surface area contributed by atoms with Crippen LogP contribution in [0.15, 0.2) is 67.0 Å². The molecule has 0 bridgehead atoms. The topological polar surface area (TPSA) is 94.6 Å². The minimum absolute atomic E-state index is 0.163. The molecule has 1 amide bonds. The smallest absolute Gasteiger partial charge is 0.257 e. The van der Waals surface area contributed by atoms with Gasteiger partial charge in [-0.15, -0.1) is 0 Å².